The Morgan fingerprint density at radius 3 is 2.88 bits per heavy atom. The molecular formula is C18H26N4O3. The van der Waals surface area contributed by atoms with E-state index in [0.29, 0.717) is 30.1 Å². The second-order valence-corrected chi connectivity index (χ2v) is 6.64. The lowest BCUT2D eigenvalue weighted by Gasteiger charge is -2.25. The van der Waals surface area contributed by atoms with Crippen LogP contribution in [0.3, 0.4) is 0 Å². The Morgan fingerprint density at radius 2 is 2.20 bits per heavy atom. The largest absolute Gasteiger partial charge is 0.456 e. The molecule has 7 nitrogen and oxygen atoms in total. The Morgan fingerprint density at radius 1 is 1.36 bits per heavy atom. The lowest BCUT2D eigenvalue weighted by atomic mass is 10.1. The van der Waals surface area contributed by atoms with Gasteiger partial charge in [0.2, 0.25) is 5.89 Å². The number of aromatic nitrogens is 2. The average molecular weight is 346 g/mol. The molecule has 0 spiro atoms. The normalized spacial score (nSPS) is 18.6. The van der Waals surface area contributed by atoms with E-state index in [9.17, 15) is 4.79 Å². The van der Waals surface area contributed by atoms with Crippen molar-refractivity contribution in [2.45, 2.75) is 52.1 Å². The number of furan rings is 1. The van der Waals surface area contributed by atoms with Crippen LogP contribution in [0.5, 0.6) is 0 Å². The smallest absolute Gasteiger partial charge is 0.289 e. The minimum absolute atomic E-state index is 0.00297. The van der Waals surface area contributed by atoms with Gasteiger partial charge in [0, 0.05) is 32.5 Å². The van der Waals surface area contributed by atoms with E-state index in [-0.39, 0.29) is 5.91 Å². The highest BCUT2D eigenvalue weighted by Crippen LogP contribution is 2.20. The van der Waals surface area contributed by atoms with Crippen molar-refractivity contribution in [2.75, 3.05) is 20.1 Å². The molecule has 1 fully saturated rings. The predicted octanol–water partition coefficient (Wildman–Crippen LogP) is 2.66. The highest BCUT2D eigenvalue weighted by Gasteiger charge is 2.25. The van der Waals surface area contributed by atoms with E-state index in [1.807, 2.05) is 17.9 Å². The molecule has 0 aliphatic carbocycles. The fourth-order valence-electron chi connectivity index (χ4n) is 3.32. The van der Waals surface area contributed by atoms with Gasteiger partial charge in [-0.1, -0.05) is 12.1 Å². The van der Waals surface area contributed by atoms with Crippen LogP contribution in [-0.4, -0.2) is 52.0 Å². The summed E-state index contributed by atoms with van der Waals surface area (Å²) in [4.78, 5) is 21.1. The van der Waals surface area contributed by atoms with Crippen LogP contribution in [0.15, 0.2) is 21.1 Å². The zero-order valence-corrected chi connectivity index (χ0v) is 15.2. The fraction of sp³-hybridized carbons (Fsp3) is 0.611. The third kappa shape index (κ3) is 4.28. The van der Waals surface area contributed by atoms with Crippen molar-refractivity contribution in [1.29, 1.82) is 0 Å². The van der Waals surface area contributed by atoms with Crippen molar-refractivity contribution in [3.63, 3.8) is 0 Å². The molecule has 1 saturated heterocycles. The summed E-state index contributed by atoms with van der Waals surface area (Å²) >= 11 is 0. The molecule has 136 valence electrons. The topological polar surface area (TPSA) is 75.6 Å². The van der Waals surface area contributed by atoms with Gasteiger partial charge in [0.05, 0.1) is 6.54 Å². The minimum atomic E-state index is -0.00297. The monoisotopic (exact) mass is 346 g/mol. The first-order valence-corrected chi connectivity index (χ1v) is 8.94. The zero-order chi connectivity index (χ0) is 17.8. The zero-order valence-electron chi connectivity index (χ0n) is 15.2. The number of amides is 1. The summed E-state index contributed by atoms with van der Waals surface area (Å²) in [7, 11) is 2.08. The van der Waals surface area contributed by atoms with E-state index in [2.05, 4.69) is 22.1 Å². The Hall–Kier alpha value is -2.15. The standard InChI is InChI=1S/C18H26N4O3/c1-4-15-7-8-16(24-15)18(23)22-10-5-6-14(9-11-22)21(3)12-17-19-13(2)25-20-17/h7-8,14H,4-6,9-12H2,1-3H3/t14-/m1/s1. The van der Waals surface area contributed by atoms with Gasteiger partial charge in [-0.05, 0) is 38.4 Å². The van der Waals surface area contributed by atoms with Crippen LogP contribution in [0.25, 0.3) is 0 Å². The Balaban J connectivity index is 1.57. The summed E-state index contributed by atoms with van der Waals surface area (Å²) in [6.45, 7) is 5.98. The lowest BCUT2D eigenvalue weighted by Crippen LogP contribution is -2.35. The molecule has 3 rings (SSSR count). The van der Waals surface area contributed by atoms with E-state index >= 15 is 0 Å². The second kappa shape index (κ2) is 7.82. The van der Waals surface area contributed by atoms with Crippen LogP contribution in [-0.2, 0) is 13.0 Å². The highest BCUT2D eigenvalue weighted by molar-refractivity contribution is 5.91. The number of hydrogen-bond acceptors (Lipinski definition) is 6. The van der Waals surface area contributed by atoms with Gasteiger partial charge in [0.15, 0.2) is 11.6 Å². The van der Waals surface area contributed by atoms with Crippen molar-refractivity contribution in [3.05, 3.63) is 35.4 Å². The van der Waals surface area contributed by atoms with Crippen LogP contribution in [0.2, 0.25) is 0 Å². The molecule has 1 atom stereocenters. The van der Waals surface area contributed by atoms with E-state index in [1.54, 1.807) is 13.0 Å². The summed E-state index contributed by atoms with van der Waals surface area (Å²) in [6, 6.07) is 4.07. The quantitative estimate of drug-likeness (QED) is 0.828. The van der Waals surface area contributed by atoms with E-state index in [4.69, 9.17) is 8.94 Å². The molecule has 25 heavy (non-hydrogen) atoms. The number of aryl methyl sites for hydroxylation is 2. The van der Waals surface area contributed by atoms with Crippen LogP contribution in [0.1, 0.15) is 54.2 Å². The molecule has 0 saturated carbocycles. The predicted molar refractivity (Wildman–Crippen MR) is 92.1 cm³/mol. The summed E-state index contributed by atoms with van der Waals surface area (Å²) in [5.41, 5.74) is 0. The molecule has 2 aromatic heterocycles. The van der Waals surface area contributed by atoms with Crippen molar-refractivity contribution < 1.29 is 13.7 Å². The number of hydrogen-bond donors (Lipinski definition) is 0. The molecule has 2 aromatic rings. The van der Waals surface area contributed by atoms with Gasteiger partial charge in [-0.25, -0.2) is 0 Å². The number of carbonyl (C=O) groups is 1. The Labute approximate surface area is 148 Å². The fourth-order valence-corrected chi connectivity index (χ4v) is 3.32. The van der Waals surface area contributed by atoms with E-state index in [0.717, 1.165) is 44.5 Å². The van der Waals surface area contributed by atoms with Gasteiger partial charge in [0.25, 0.3) is 5.91 Å². The maximum atomic E-state index is 12.6. The first-order chi connectivity index (χ1) is 12.1. The van der Waals surface area contributed by atoms with Crippen LogP contribution >= 0.6 is 0 Å². The second-order valence-electron chi connectivity index (χ2n) is 6.64. The van der Waals surface area contributed by atoms with Crippen LogP contribution in [0, 0.1) is 6.92 Å². The maximum absolute atomic E-state index is 12.6. The third-order valence-corrected chi connectivity index (χ3v) is 4.79. The number of carbonyl (C=O) groups excluding carboxylic acids is 1. The van der Waals surface area contributed by atoms with Gasteiger partial charge in [-0.15, -0.1) is 0 Å². The lowest BCUT2D eigenvalue weighted by molar-refractivity contribution is 0.0723. The number of nitrogens with zero attached hydrogens (tertiary/aromatic N) is 4. The number of likely N-dealkylation sites (tertiary alicyclic amines) is 1. The molecule has 0 bridgehead atoms. The highest BCUT2D eigenvalue weighted by atomic mass is 16.5. The Bertz CT molecular complexity index is 709. The molecular weight excluding hydrogens is 320 g/mol. The average Bonchev–Trinajstić information content (AvgIpc) is 3.16. The molecule has 0 aromatic carbocycles. The van der Waals surface area contributed by atoms with Crippen LogP contribution in [0.4, 0.5) is 0 Å². The summed E-state index contributed by atoms with van der Waals surface area (Å²) in [5.74, 6) is 2.60. The summed E-state index contributed by atoms with van der Waals surface area (Å²) in [5, 5.41) is 3.96. The molecule has 3 heterocycles. The Kier molecular flexibility index (Phi) is 5.53. The molecule has 1 aliphatic heterocycles. The van der Waals surface area contributed by atoms with Crippen molar-refractivity contribution in [3.8, 4) is 0 Å². The SMILES string of the molecule is CCc1ccc(C(=O)N2CCC[C@@H](N(C)Cc3noc(C)n3)CC2)o1. The molecule has 0 radical (unpaired) electrons. The first kappa shape index (κ1) is 17.7. The molecule has 0 unspecified atom stereocenters. The van der Waals surface area contributed by atoms with Gasteiger partial charge < -0.3 is 13.8 Å². The summed E-state index contributed by atoms with van der Waals surface area (Å²) in [6.07, 6.45) is 3.76. The van der Waals surface area contributed by atoms with Crippen molar-refractivity contribution >= 4 is 5.91 Å². The van der Waals surface area contributed by atoms with Crippen LogP contribution < -0.4 is 0 Å². The van der Waals surface area contributed by atoms with E-state index < -0.39 is 0 Å². The van der Waals surface area contributed by atoms with Crippen molar-refractivity contribution in [1.82, 2.24) is 19.9 Å². The van der Waals surface area contributed by atoms with E-state index in [1.165, 1.54) is 0 Å². The van der Waals surface area contributed by atoms with Crippen molar-refractivity contribution in [2.24, 2.45) is 0 Å². The third-order valence-electron chi connectivity index (χ3n) is 4.79. The van der Waals surface area contributed by atoms with Gasteiger partial charge in [-0.3, -0.25) is 9.69 Å². The molecule has 1 aliphatic rings. The first-order valence-electron chi connectivity index (χ1n) is 8.94. The maximum Gasteiger partial charge on any atom is 0.289 e. The van der Waals surface area contributed by atoms with Gasteiger partial charge in [0.1, 0.15) is 5.76 Å². The molecule has 1 amide bonds. The summed E-state index contributed by atoms with van der Waals surface area (Å²) < 4.78 is 10.7. The minimum Gasteiger partial charge on any atom is -0.456 e. The van der Waals surface area contributed by atoms with Gasteiger partial charge >= 0.3 is 0 Å². The molecule has 7 heteroatoms. The van der Waals surface area contributed by atoms with Gasteiger partial charge in [-0.2, -0.15) is 4.98 Å². The number of rotatable bonds is 5. The molecule has 0 N–H and O–H groups in total.